The first-order valence-corrected chi connectivity index (χ1v) is 2.80. The Bertz CT molecular complexity index is 174. The van der Waals surface area contributed by atoms with Gasteiger partial charge in [0.25, 0.3) is 0 Å². The van der Waals surface area contributed by atoms with Crippen molar-refractivity contribution < 1.29 is 3.89 Å². The van der Waals surface area contributed by atoms with Crippen LogP contribution in [0.2, 0.25) is 0 Å². The predicted octanol–water partition coefficient (Wildman–Crippen LogP) is 1.57. The number of nitrogens with zero attached hydrogens (tertiary/aromatic N) is 2. The zero-order valence-corrected chi connectivity index (χ0v) is 5.15. The second kappa shape index (κ2) is 2.17. The Labute approximate surface area is 51.2 Å². The van der Waals surface area contributed by atoms with E-state index < -0.39 is 0 Å². The third-order valence-corrected chi connectivity index (χ3v) is 1.13. The molecule has 44 valence electrons. The molecule has 0 aliphatic carbocycles. The minimum Gasteiger partial charge on any atom is -0.252 e. The van der Waals surface area contributed by atoms with Crippen LogP contribution in [0.25, 0.3) is 0 Å². The minimum atomic E-state index is 0.144. The molecular weight excluding hydrogens is 127 g/mol. The van der Waals surface area contributed by atoms with Crippen molar-refractivity contribution >= 4 is 12.3 Å². The Morgan fingerprint density at radius 3 is 2.88 bits per heavy atom. The zero-order valence-electron chi connectivity index (χ0n) is 4.34. The first-order chi connectivity index (χ1) is 3.83. The SMILES string of the molecule is Cc1cn(SF)cn1. The van der Waals surface area contributed by atoms with Crippen molar-refractivity contribution in [2.24, 2.45) is 0 Å². The van der Waals surface area contributed by atoms with Crippen LogP contribution in [0, 0.1) is 6.92 Å². The average molecular weight is 132 g/mol. The van der Waals surface area contributed by atoms with E-state index in [1.807, 2.05) is 6.92 Å². The van der Waals surface area contributed by atoms with Gasteiger partial charge >= 0.3 is 0 Å². The lowest BCUT2D eigenvalue weighted by atomic mass is 10.6. The normalized spacial score (nSPS) is 9.75. The summed E-state index contributed by atoms with van der Waals surface area (Å²) >= 11 is 0.144. The highest BCUT2D eigenvalue weighted by atomic mass is 32.2. The molecule has 1 rings (SSSR count). The number of aromatic nitrogens is 2. The van der Waals surface area contributed by atoms with Gasteiger partial charge in [-0.3, -0.25) is 3.97 Å². The molecule has 1 heterocycles. The van der Waals surface area contributed by atoms with Gasteiger partial charge in [-0.25, -0.2) is 4.98 Å². The van der Waals surface area contributed by atoms with Crippen molar-refractivity contribution in [1.29, 1.82) is 0 Å². The van der Waals surface area contributed by atoms with Gasteiger partial charge in [0.2, 0.25) is 0 Å². The number of rotatable bonds is 1. The molecule has 0 spiro atoms. The van der Waals surface area contributed by atoms with E-state index in [2.05, 4.69) is 4.98 Å². The second-order valence-corrected chi connectivity index (χ2v) is 2.00. The van der Waals surface area contributed by atoms with Crippen LogP contribution >= 0.6 is 12.3 Å². The van der Waals surface area contributed by atoms with Crippen LogP contribution in [-0.4, -0.2) is 8.96 Å². The van der Waals surface area contributed by atoms with Crippen LogP contribution in [0.5, 0.6) is 0 Å². The lowest BCUT2D eigenvalue weighted by molar-refractivity contribution is 0.915. The lowest BCUT2D eigenvalue weighted by Crippen LogP contribution is -1.71. The largest absolute Gasteiger partial charge is 0.252 e. The monoisotopic (exact) mass is 132 g/mol. The first-order valence-electron chi connectivity index (χ1n) is 2.12. The van der Waals surface area contributed by atoms with Crippen LogP contribution in [0.15, 0.2) is 12.5 Å². The number of imidazole rings is 1. The van der Waals surface area contributed by atoms with E-state index in [1.54, 1.807) is 6.20 Å². The van der Waals surface area contributed by atoms with Crippen LogP contribution in [0.1, 0.15) is 5.69 Å². The molecule has 0 saturated carbocycles. The van der Waals surface area contributed by atoms with Crippen molar-refractivity contribution in [3.05, 3.63) is 18.2 Å². The molecule has 4 heteroatoms. The van der Waals surface area contributed by atoms with Crippen LogP contribution in [0.3, 0.4) is 0 Å². The summed E-state index contributed by atoms with van der Waals surface area (Å²) in [6, 6.07) is 0. The maximum atomic E-state index is 11.6. The van der Waals surface area contributed by atoms with Crippen LogP contribution in [0.4, 0.5) is 3.89 Å². The summed E-state index contributed by atoms with van der Waals surface area (Å²) in [5, 5.41) is 0. The summed E-state index contributed by atoms with van der Waals surface area (Å²) < 4.78 is 12.9. The first kappa shape index (κ1) is 5.62. The number of hydrogen-bond donors (Lipinski definition) is 0. The van der Waals surface area contributed by atoms with Gasteiger partial charge in [0.15, 0.2) is 12.3 Å². The molecule has 0 unspecified atom stereocenters. The lowest BCUT2D eigenvalue weighted by Gasteiger charge is -1.81. The van der Waals surface area contributed by atoms with Crippen molar-refractivity contribution in [3.63, 3.8) is 0 Å². The summed E-state index contributed by atoms with van der Waals surface area (Å²) in [7, 11) is 0. The maximum absolute atomic E-state index is 11.6. The Morgan fingerprint density at radius 2 is 2.62 bits per heavy atom. The van der Waals surface area contributed by atoms with Crippen molar-refractivity contribution in [1.82, 2.24) is 8.96 Å². The number of halogens is 1. The Hall–Kier alpha value is -0.510. The zero-order chi connectivity index (χ0) is 5.98. The third-order valence-electron chi connectivity index (χ3n) is 0.769. The van der Waals surface area contributed by atoms with Crippen LogP contribution < -0.4 is 0 Å². The van der Waals surface area contributed by atoms with Crippen molar-refractivity contribution in [3.8, 4) is 0 Å². The smallest absolute Gasteiger partial charge is 0.170 e. The summed E-state index contributed by atoms with van der Waals surface area (Å²) in [6.45, 7) is 1.81. The van der Waals surface area contributed by atoms with E-state index in [-0.39, 0.29) is 12.3 Å². The third kappa shape index (κ3) is 1.01. The van der Waals surface area contributed by atoms with Gasteiger partial charge in [-0.1, -0.05) is 0 Å². The fraction of sp³-hybridized carbons (Fsp3) is 0.250. The van der Waals surface area contributed by atoms with E-state index in [1.165, 1.54) is 10.3 Å². The molecular formula is C4H5FN2S. The maximum Gasteiger partial charge on any atom is 0.170 e. The van der Waals surface area contributed by atoms with E-state index in [0.29, 0.717) is 0 Å². The van der Waals surface area contributed by atoms with Gasteiger partial charge in [0.05, 0.1) is 5.69 Å². The predicted molar refractivity (Wildman–Crippen MR) is 31.1 cm³/mol. The molecule has 0 atom stereocenters. The highest BCUT2D eigenvalue weighted by Gasteiger charge is 1.89. The van der Waals surface area contributed by atoms with Gasteiger partial charge in [0, 0.05) is 6.20 Å². The van der Waals surface area contributed by atoms with Gasteiger partial charge in [-0.05, 0) is 6.92 Å². The van der Waals surface area contributed by atoms with Crippen molar-refractivity contribution in [2.45, 2.75) is 6.92 Å². The van der Waals surface area contributed by atoms with Gasteiger partial charge in [-0.2, -0.15) is 0 Å². The van der Waals surface area contributed by atoms with E-state index >= 15 is 0 Å². The van der Waals surface area contributed by atoms with Gasteiger partial charge in [-0.15, -0.1) is 3.89 Å². The molecule has 0 fully saturated rings. The van der Waals surface area contributed by atoms with Crippen LogP contribution in [-0.2, 0) is 0 Å². The summed E-state index contributed by atoms with van der Waals surface area (Å²) in [5.41, 5.74) is 0.829. The molecule has 0 aliphatic rings. The minimum absolute atomic E-state index is 0.144. The Morgan fingerprint density at radius 1 is 1.88 bits per heavy atom. The second-order valence-electron chi connectivity index (χ2n) is 1.44. The molecule has 1 aromatic heterocycles. The molecule has 0 radical (unpaired) electrons. The van der Waals surface area contributed by atoms with E-state index in [0.717, 1.165) is 5.69 Å². The standard InChI is InChI=1S/C4H5FN2S/c1-4-2-7(8-5)3-6-4/h2-3H,1H3. The van der Waals surface area contributed by atoms with E-state index in [9.17, 15) is 3.89 Å². The van der Waals surface area contributed by atoms with Crippen molar-refractivity contribution in [2.75, 3.05) is 0 Å². The molecule has 0 saturated heterocycles. The molecule has 0 aliphatic heterocycles. The molecule has 0 bridgehead atoms. The van der Waals surface area contributed by atoms with E-state index in [4.69, 9.17) is 0 Å². The molecule has 0 amide bonds. The molecule has 0 aromatic carbocycles. The Balaban J connectivity index is 2.84. The Kier molecular flexibility index (Phi) is 1.53. The fourth-order valence-electron chi connectivity index (χ4n) is 0.437. The highest BCUT2D eigenvalue weighted by molar-refractivity contribution is 7.92. The molecule has 8 heavy (non-hydrogen) atoms. The molecule has 2 nitrogen and oxygen atoms in total. The highest BCUT2D eigenvalue weighted by Crippen LogP contribution is 2.05. The quantitative estimate of drug-likeness (QED) is 0.577. The summed E-state index contributed by atoms with van der Waals surface area (Å²) in [6.07, 6.45) is 3.05. The number of hydrogen-bond acceptors (Lipinski definition) is 2. The molecule has 1 aromatic rings. The number of aryl methyl sites for hydroxylation is 1. The van der Waals surface area contributed by atoms with Gasteiger partial charge < -0.3 is 0 Å². The summed E-state index contributed by atoms with van der Waals surface area (Å²) in [5.74, 6) is 0. The molecule has 0 N–H and O–H groups in total. The van der Waals surface area contributed by atoms with Gasteiger partial charge in [0.1, 0.15) is 6.33 Å². The fourth-order valence-corrected chi connectivity index (χ4v) is 0.712. The average Bonchev–Trinajstić information content (AvgIpc) is 2.14. The summed E-state index contributed by atoms with van der Waals surface area (Å²) in [4.78, 5) is 3.79. The topological polar surface area (TPSA) is 17.8 Å².